The third-order valence-corrected chi connectivity index (χ3v) is 6.54. The van der Waals surface area contributed by atoms with E-state index in [0.717, 1.165) is 49.8 Å². The standard InChI is InChI=1S/C25H25F5/c1-2-3-4-15-5-9-20-17(11-15)6-7-18-12-16(8-10-21(18)20)19-13-22(26)24(23(27)14-19)25(28,29)30/h3-4,6-7,13-16H,2,5,8-12H2,1H3/b4-3+/t15-,16-/m0/s1. The molecule has 0 bridgehead atoms. The molecule has 160 valence electrons. The van der Waals surface area contributed by atoms with E-state index in [2.05, 4.69) is 31.2 Å². The van der Waals surface area contributed by atoms with Crippen LogP contribution in [-0.4, -0.2) is 0 Å². The van der Waals surface area contributed by atoms with Crippen molar-refractivity contribution in [1.29, 1.82) is 0 Å². The van der Waals surface area contributed by atoms with Crippen LogP contribution in [0.2, 0.25) is 0 Å². The molecule has 0 heterocycles. The fourth-order valence-corrected chi connectivity index (χ4v) is 5.07. The van der Waals surface area contributed by atoms with Crippen molar-refractivity contribution in [1.82, 2.24) is 0 Å². The van der Waals surface area contributed by atoms with Crippen molar-refractivity contribution < 1.29 is 22.0 Å². The second kappa shape index (κ2) is 8.16. The molecule has 4 rings (SSSR count). The SMILES string of the molecule is CC/C=C/[C@H]1CCc2c(ccc3c2CC[C@H](c2cc(F)c(C(F)(F)F)c(F)c2)C3)C1. The Hall–Kier alpha value is -2.17. The van der Waals surface area contributed by atoms with Crippen LogP contribution in [0.3, 0.4) is 0 Å². The minimum Gasteiger partial charge on any atom is -0.206 e. The van der Waals surface area contributed by atoms with E-state index in [9.17, 15) is 22.0 Å². The van der Waals surface area contributed by atoms with Crippen LogP contribution >= 0.6 is 0 Å². The van der Waals surface area contributed by atoms with Crippen molar-refractivity contribution in [3.05, 3.63) is 81.4 Å². The molecule has 0 radical (unpaired) electrons. The number of alkyl halides is 3. The molecule has 0 aromatic heterocycles. The van der Waals surface area contributed by atoms with Gasteiger partial charge in [0.1, 0.15) is 17.2 Å². The lowest BCUT2D eigenvalue weighted by Gasteiger charge is -2.31. The van der Waals surface area contributed by atoms with Gasteiger partial charge in [-0.2, -0.15) is 13.2 Å². The summed E-state index contributed by atoms with van der Waals surface area (Å²) in [5.41, 5.74) is 3.81. The first-order valence-corrected chi connectivity index (χ1v) is 10.6. The lowest BCUT2D eigenvalue weighted by Crippen LogP contribution is -2.20. The number of allylic oxidation sites excluding steroid dienone is 2. The van der Waals surface area contributed by atoms with Gasteiger partial charge in [-0.1, -0.05) is 31.2 Å². The number of hydrogen-bond acceptors (Lipinski definition) is 0. The fourth-order valence-electron chi connectivity index (χ4n) is 5.07. The van der Waals surface area contributed by atoms with Crippen LogP contribution in [-0.2, 0) is 31.9 Å². The zero-order valence-corrected chi connectivity index (χ0v) is 17.0. The van der Waals surface area contributed by atoms with Gasteiger partial charge < -0.3 is 0 Å². The zero-order valence-electron chi connectivity index (χ0n) is 17.0. The Bertz CT molecular complexity index is 947. The fraction of sp³-hybridized carbons (Fsp3) is 0.440. The van der Waals surface area contributed by atoms with Gasteiger partial charge >= 0.3 is 6.18 Å². The highest BCUT2D eigenvalue weighted by molar-refractivity contribution is 5.46. The van der Waals surface area contributed by atoms with E-state index in [1.54, 1.807) is 0 Å². The van der Waals surface area contributed by atoms with Crippen molar-refractivity contribution in [3.63, 3.8) is 0 Å². The minimum atomic E-state index is -5.03. The summed E-state index contributed by atoms with van der Waals surface area (Å²) in [5, 5.41) is 0. The monoisotopic (exact) mass is 420 g/mol. The molecule has 2 aromatic rings. The van der Waals surface area contributed by atoms with Gasteiger partial charge in [0.25, 0.3) is 0 Å². The zero-order chi connectivity index (χ0) is 21.5. The maximum absolute atomic E-state index is 14.0. The van der Waals surface area contributed by atoms with E-state index in [4.69, 9.17) is 0 Å². The van der Waals surface area contributed by atoms with E-state index in [1.807, 2.05) is 0 Å². The van der Waals surface area contributed by atoms with Gasteiger partial charge in [0.2, 0.25) is 0 Å². The predicted molar refractivity (Wildman–Crippen MR) is 108 cm³/mol. The second-order valence-electron chi connectivity index (χ2n) is 8.48. The third-order valence-electron chi connectivity index (χ3n) is 6.54. The highest BCUT2D eigenvalue weighted by atomic mass is 19.4. The van der Waals surface area contributed by atoms with Crippen LogP contribution in [0, 0.1) is 17.6 Å². The molecule has 0 spiro atoms. The molecule has 2 aliphatic carbocycles. The van der Waals surface area contributed by atoms with Crippen LogP contribution < -0.4 is 0 Å². The summed E-state index contributed by atoms with van der Waals surface area (Å²) in [5.74, 6) is -2.66. The second-order valence-corrected chi connectivity index (χ2v) is 8.48. The molecule has 5 heteroatoms. The smallest absolute Gasteiger partial charge is 0.206 e. The van der Waals surface area contributed by atoms with Crippen molar-refractivity contribution in [2.24, 2.45) is 5.92 Å². The summed E-state index contributed by atoms with van der Waals surface area (Å²) in [6.07, 6.45) is 5.83. The minimum absolute atomic E-state index is 0.175. The topological polar surface area (TPSA) is 0 Å². The molecule has 0 aliphatic heterocycles. The van der Waals surface area contributed by atoms with Crippen molar-refractivity contribution >= 4 is 0 Å². The van der Waals surface area contributed by atoms with Crippen LogP contribution in [0.4, 0.5) is 22.0 Å². The highest BCUT2D eigenvalue weighted by Gasteiger charge is 2.38. The molecular weight excluding hydrogens is 395 g/mol. The summed E-state index contributed by atoms with van der Waals surface area (Å²) in [7, 11) is 0. The van der Waals surface area contributed by atoms with E-state index in [1.165, 1.54) is 16.7 Å². The van der Waals surface area contributed by atoms with E-state index < -0.39 is 23.4 Å². The Morgan fingerprint density at radius 1 is 0.933 bits per heavy atom. The van der Waals surface area contributed by atoms with Crippen LogP contribution in [0.5, 0.6) is 0 Å². The number of benzene rings is 2. The van der Waals surface area contributed by atoms with Gasteiger partial charge in [0, 0.05) is 0 Å². The summed E-state index contributed by atoms with van der Waals surface area (Å²) >= 11 is 0. The molecule has 2 aliphatic rings. The largest absolute Gasteiger partial charge is 0.422 e. The van der Waals surface area contributed by atoms with Gasteiger partial charge in [-0.15, -0.1) is 0 Å². The Morgan fingerprint density at radius 3 is 2.13 bits per heavy atom. The average molecular weight is 420 g/mol. The van der Waals surface area contributed by atoms with E-state index in [-0.39, 0.29) is 5.92 Å². The van der Waals surface area contributed by atoms with Crippen molar-refractivity contribution in [2.45, 2.75) is 64.0 Å². The van der Waals surface area contributed by atoms with Crippen LogP contribution in [0.1, 0.15) is 65.5 Å². The molecule has 0 amide bonds. The maximum atomic E-state index is 14.0. The number of fused-ring (bicyclic) bond motifs is 3. The normalized spacial score (nSPS) is 21.5. The van der Waals surface area contributed by atoms with Crippen LogP contribution in [0.15, 0.2) is 36.4 Å². The van der Waals surface area contributed by atoms with Crippen molar-refractivity contribution in [2.75, 3.05) is 0 Å². The van der Waals surface area contributed by atoms with Gasteiger partial charge in [0.15, 0.2) is 0 Å². The average Bonchev–Trinajstić information content (AvgIpc) is 2.69. The summed E-state index contributed by atoms with van der Waals surface area (Å²) < 4.78 is 66.6. The predicted octanol–water partition coefficient (Wildman–Crippen LogP) is 7.33. The molecular formula is C25H25F5. The highest BCUT2D eigenvalue weighted by Crippen LogP contribution is 2.40. The molecule has 0 nitrogen and oxygen atoms in total. The number of halogens is 5. The van der Waals surface area contributed by atoms with Crippen LogP contribution in [0.25, 0.3) is 0 Å². The van der Waals surface area contributed by atoms with Crippen molar-refractivity contribution in [3.8, 4) is 0 Å². The Labute approximate surface area is 173 Å². The number of hydrogen-bond donors (Lipinski definition) is 0. The van der Waals surface area contributed by atoms with Gasteiger partial charge in [-0.3, -0.25) is 0 Å². The van der Waals surface area contributed by atoms with Gasteiger partial charge in [0.05, 0.1) is 0 Å². The Morgan fingerprint density at radius 2 is 1.53 bits per heavy atom. The van der Waals surface area contributed by atoms with E-state index >= 15 is 0 Å². The Balaban J connectivity index is 1.58. The van der Waals surface area contributed by atoms with Gasteiger partial charge in [-0.25, -0.2) is 8.78 Å². The molecule has 2 aromatic carbocycles. The first kappa shape index (κ1) is 21.1. The molecule has 0 saturated carbocycles. The summed E-state index contributed by atoms with van der Waals surface area (Å²) in [6, 6.07) is 5.99. The third kappa shape index (κ3) is 4.03. The quantitative estimate of drug-likeness (QED) is 0.360. The van der Waals surface area contributed by atoms with E-state index in [0.29, 0.717) is 24.3 Å². The number of rotatable bonds is 3. The summed E-state index contributed by atoms with van der Waals surface area (Å²) in [4.78, 5) is 0. The molecule has 2 atom stereocenters. The molecule has 0 unspecified atom stereocenters. The summed E-state index contributed by atoms with van der Waals surface area (Å²) in [6.45, 7) is 2.13. The molecule has 0 N–H and O–H groups in total. The van der Waals surface area contributed by atoms with Gasteiger partial charge in [-0.05, 0) is 96.7 Å². The molecule has 0 saturated heterocycles. The lowest BCUT2D eigenvalue weighted by atomic mass is 9.73. The Kier molecular flexibility index (Phi) is 5.73. The molecule has 30 heavy (non-hydrogen) atoms. The first-order valence-electron chi connectivity index (χ1n) is 10.6. The molecule has 0 fully saturated rings. The first-order chi connectivity index (χ1) is 14.3. The lowest BCUT2D eigenvalue weighted by molar-refractivity contribution is -0.142. The maximum Gasteiger partial charge on any atom is 0.422 e.